The Morgan fingerprint density at radius 3 is 2.95 bits per heavy atom. The van der Waals surface area contributed by atoms with Crippen LogP contribution in [-0.4, -0.2) is 44.8 Å². The van der Waals surface area contributed by atoms with Crippen molar-refractivity contribution in [3.05, 3.63) is 24.0 Å². The van der Waals surface area contributed by atoms with Gasteiger partial charge in [-0.15, -0.1) is 0 Å². The zero-order valence-corrected chi connectivity index (χ0v) is 11.5. The van der Waals surface area contributed by atoms with E-state index < -0.39 is 0 Å². The van der Waals surface area contributed by atoms with Crippen LogP contribution in [0.5, 0.6) is 0 Å². The predicted octanol–water partition coefficient (Wildman–Crippen LogP) is 1.41. The number of halogens is 1. The summed E-state index contributed by atoms with van der Waals surface area (Å²) in [5.74, 6) is 1.21. The normalized spacial score (nSPS) is 12.4. The molecule has 0 aliphatic carbocycles. The molecule has 0 spiro atoms. The molecule has 8 heteroatoms. The van der Waals surface area contributed by atoms with Crippen LogP contribution in [0.2, 0.25) is 5.28 Å². The first-order valence-electron chi connectivity index (χ1n) is 5.81. The van der Waals surface area contributed by atoms with Crippen molar-refractivity contribution >= 4 is 17.5 Å². The molecular formula is C11H15ClN6O. The van der Waals surface area contributed by atoms with Gasteiger partial charge in [-0.1, -0.05) is 6.92 Å². The number of aromatic nitrogens is 5. The highest BCUT2D eigenvalue weighted by Gasteiger charge is 2.08. The smallest absolute Gasteiger partial charge is 0.241 e. The lowest BCUT2D eigenvalue weighted by atomic mass is 10.2. The quantitative estimate of drug-likeness (QED) is 0.863. The highest BCUT2D eigenvalue weighted by atomic mass is 35.5. The number of rotatable bonds is 6. The van der Waals surface area contributed by atoms with Crippen molar-refractivity contribution in [1.29, 1.82) is 0 Å². The number of imidazole rings is 1. The van der Waals surface area contributed by atoms with E-state index in [1.54, 1.807) is 30.4 Å². The molecule has 102 valence electrons. The lowest BCUT2D eigenvalue weighted by molar-refractivity contribution is 0.164. The van der Waals surface area contributed by atoms with E-state index >= 15 is 0 Å². The van der Waals surface area contributed by atoms with Gasteiger partial charge < -0.3 is 10.1 Å². The minimum atomic E-state index is 0.139. The zero-order valence-electron chi connectivity index (χ0n) is 10.7. The van der Waals surface area contributed by atoms with Gasteiger partial charge in [0.15, 0.2) is 0 Å². The second-order valence-electron chi connectivity index (χ2n) is 4.14. The van der Waals surface area contributed by atoms with Gasteiger partial charge in [0.1, 0.15) is 6.33 Å². The fourth-order valence-electron chi connectivity index (χ4n) is 1.52. The van der Waals surface area contributed by atoms with Gasteiger partial charge in [-0.25, -0.2) is 4.98 Å². The number of hydrogen-bond donors (Lipinski definition) is 1. The standard InChI is InChI=1S/C11H15ClN6O/c1-8(6-19-2)5-14-10-15-9(12)16-11(17-10)18-4-3-13-7-18/h3-4,7-8H,5-6H2,1-2H3,(H,14,15,16,17). The number of nitrogens with zero attached hydrogens (tertiary/aromatic N) is 5. The molecule has 0 fully saturated rings. The summed E-state index contributed by atoms with van der Waals surface area (Å²) in [5.41, 5.74) is 0. The van der Waals surface area contributed by atoms with E-state index in [2.05, 4.69) is 32.2 Å². The van der Waals surface area contributed by atoms with E-state index in [1.807, 2.05) is 0 Å². The fourth-order valence-corrected chi connectivity index (χ4v) is 1.68. The minimum Gasteiger partial charge on any atom is -0.384 e. The molecule has 0 aliphatic heterocycles. The maximum Gasteiger partial charge on any atom is 0.241 e. The van der Waals surface area contributed by atoms with Crippen molar-refractivity contribution in [2.24, 2.45) is 5.92 Å². The zero-order chi connectivity index (χ0) is 13.7. The largest absolute Gasteiger partial charge is 0.384 e. The minimum absolute atomic E-state index is 0.139. The molecule has 0 aliphatic rings. The lowest BCUT2D eigenvalue weighted by Gasteiger charge is -2.11. The van der Waals surface area contributed by atoms with Crippen molar-refractivity contribution in [1.82, 2.24) is 24.5 Å². The first kappa shape index (κ1) is 13.7. The maximum atomic E-state index is 5.88. The molecular weight excluding hydrogens is 268 g/mol. The van der Waals surface area contributed by atoms with Crippen LogP contribution in [0.15, 0.2) is 18.7 Å². The number of hydrogen-bond acceptors (Lipinski definition) is 6. The molecule has 0 radical (unpaired) electrons. The summed E-state index contributed by atoms with van der Waals surface area (Å²) < 4.78 is 6.73. The van der Waals surface area contributed by atoms with E-state index in [0.717, 1.165) is 0 Å². The molecule has 0 amide bonds. The van der Waals surface area contributed by atoms with Crippen molar-refractivity contribution in [2.45, 2.75) is 6.92 Å². The number of ether oxygens (including phenoxy) is 1. The average Bonchev–Trinajstić information content (AvgIpc) is 2.90. The van der Waals surface area contributed by atoms with Gasteiger partial charge in [0.2, 0.25) is 17.2 Å². The summed E-state index contributed by atoms with van der Waals surface area (Å²) in [6, 6.07) is 0. The summed E-state index contributed by atoms with van der Waals surface area (Å²) in [6.45, 7) is 3.42. The van der Waals surface area contributed by atoms with Gasteiger partial charge in [-0.05, 0) is 17.5 Å². The van der Waals surface area contributed by atoms with Crippen LogP contribution in [0, 0.1) is 5.92 Å². The summed E-state index contributed by atoms with van der Waals surface area (Å²) in [5, 5.41) is 3.25. The first-order chi connectivity index (χ1) is 9.19. The molecule has 2 heterocycles. The summed E-state index contributed by atoms with van der Waals surface area (Å²) >= 11 is 5.88. The van der Waals surface area contributed by atoms with Gasteiger partial charge in [0.25, 0.3) is 0 Å². The van der Waals surface area contributed by atoms with Gasteiger partial charge in [-0.3, -0.25) is 4.57 Å². The molecule has 0 saturated carbocycles. The lowest BCUT2D eigenvalue weighted by Crippen LogP contribution is -2.18. The van der Waals surface area contributed by atoms with Gasteiger partial charge in [0, 0.05) is 26.0 Å². The summed E-state index contributed by atoms with van der Waals surface area (Å²) in [6.07, 6.45) is 4.98. The second kappa shape index (κ2) is 6.44. The third kappa shape index (κ3) is 3.87. The monoisotopic (exact) mass is 282 g/mol. The Hall–Kier alpha value is -1.73. The summed E-state index contributed by atoms with van der Waals surface area (Å²) in [7, 11) is 1.67. The molecule has 0 aromatic carbocycles. The van der Waals surface area contributed by atoms with Crippen LogP contribution in [0.1, 0.15) is 6.92 Å². The third-order valence-electron chi connectivity index (χ3n) is 2.39. The van der Waals surface area contributed by atoms with Crippen LogP contribution >= 0.6 is 11.6 Å². The van der Waals surface area contributed by atoms with E-state index in [4.69, 9.17) is 16.3 Å². The molecule has 7 nitrogen and oxygen atoms in total. The van der Waals surface area contributed by atoms with Crippen LogP contribution < -0.4 is 5.32 Å². The van der Waals surface area contributed by atoms with E-state index in [0.29, 0.717) is 31.0 Å². The Morgan fingerprint density at radius 1 is 1.42 bits per heavy atom. The van der Waals surface area contributed by atoms with E-state index in [9.17, 15) is 0 Å². The van der Waals surface area contributed by atoms with E-state index in [-0.39, 0.29) is 5.28 Å². The molecule has 1 N–H and O–H groups in total. The van der Waals surface area contributed by atoms with Gasteiger partial charge in [0.05, 0.1) is 6.61 Å². The van der Waals surface area contributed by atoms with Crippen LogP contribution in [-0.2, 0) is 4.74 Å². The van der Waals surface area contributed by atoms with Crippen molar-refractivity contribution in [3.8, 4) is 5.95 Å². The van der Waals surface area contributed by atoms with Crippen LogP contribution in [0.3, 0.4) is 0 Å². The maximum absolute atomic E-state index is 5.88. The highest BCUT2D eigenvalue weighted by molar-refractivity contribution is 6.28. The number of methoxy groups -OCH3 is 1. The fraction of sp³-hybridized carbons (Fsp3) is 0.455. The number of anilines is 1. The van der Waals surface area contributed by atoms with Crippen LogP contribution in [0.4, 0.5) is 5.95 Å². The van der Waals surface area contributed by atoms with E-state index in [1.165, 1.54) is 0 Å². The molecule has 1 unspecified atom stereocenters. The molecule has 2 aromatic rings. The predicted molar refractivity (Wildman–Crippen MR) is 71.5 cm³/mol. The van der Waals surface area contributed by atoms with Crippen molar-refractivity contribution in [3.63, 3.8) is 0 Å². The SMILES string of the molecule is COCC(C)CNc1nc(Cl)nc(-n2ccnc2)n1. The second-order valence-corrected chi connectivity index (χ2v) is 4.48. The number of nitrogens with one attached hydrogen (secondary N) is 1. The Balaban J connectivity index is 2.09. The van der Waals surface area contributed by atoms with Gasteiger partial charge >= 0.3 is 0 Å². The molecule has 2 rings (SSSR count). The third-order valence-corrected chi connectivity index (χ3v) is 2.56. The van der Waals surface area contributed by atoms with Crippen LogP contribution in [0.25, 0.3) is 5.95 Å². The van der Waals surface area contributed by atoms with Gasteiger partial charge in [-0.2, -0.15) is 15.0 Å². The van der Waals surface area contributed by atoms with Crippen molar-refractivity contribution in [2.75, 3.05) is 25.6 Å². The Labute approximate surface area is 116 Å². The molecule has 2 aromatic heterocycles. The molecule has 1 atom stereocenters. The topological polar surface area (TPSA) is 77.8 Å². The molecule has 19 heavy (non-hydrogen) atoms. The molecule has 0 saturated heterocycles. The Morgan fingerprint density at radius 2 is 2.26 bits per heavy atom. The average molecular weight is 283 g/mol. The Kier molecular flexibility index (Phi) is 4.64. The Bertz CT molecular complexity index is 518. The highest BCUT2D eigenvalue weighted by Crippen LogP contribution is 2.10. The summed E-state index contributed by atoms with van der Waals surface area (Å²) in [4.78, 5) is 16.3. The first-order valence-corrected chi connectivity index (χ1v) is 6.19. The molecule has 0 bridgehead atoms. The van der Waals surface area contributed by atoms with Crippen molar-refractivity contribution < 1.29 is 4.74 Å².